The van der Waals surface area contributed by atoms with Crippen LogP contribution >= 0.6 is 0 Å². The second-order valence-electron chi connectivity index (χ2n) is 14.2. The van der Waals surface area contributed by atoms with Gasteiger partial charge in [0.25, 0.3) is 0 Å². The number of para-hydroxylation sites is 4. The first-order chi connectivity index (χ1) is 27.8. The van der Waals surface area contributed by atoms with Crippen LogP contribution in [-0.4, -0.2) is 19.1 Å². The van der Waals surface area contributed by atoms with Crippen LogP contribution < -0.4 is 0 Å². The zero-order valence-corrected chi connectivity index (χ0v) is 30.4. The summed E-state index contributed by atoms with van der Waals surface area (Å²) in [4.78, 5) is 10.5. The molecule has 4 nitrogen and oxygen atoms in total. The minimum atomic E-state index is 0.683. The lowest BCUT2D eigenvalue weighted by atomic mass is 9.98. The summed E-state index contributed by atoms with van der Waals surface area (Å²) < 4.78 is 4.76. The van der Waals surface area contributed by atoms with Crippen molar-refractivity contribution in [2.45, 2.75) is 0 Å². The Balaban J connectivity index is 1.14. The van der Waals surface area contributed by atoms with Crippen LogP contribution in [0.15, 0.2) is 206 Å². The summed E-state index contributed by atoms with van der Waals surface area (Å²) in [6.45, 7) is 0. The predicted molar refractivity (Wildman–Crippen MR) is 232 cm³/mol. The van der Waals surface area contributed by atoms with E-state index in [1.54, 1.807) is 0 Å². The molecule has 0 atom stereocenters. The molecule has 0 aliphatic heterocycles. The first-order valence-electron chi connectivity index (χ1n) is 19.0. The molecule has 3 heterocycles. The minimum Gasteiger partial charge on any atom is -0.309 e. The van der Waals surface area contributed by atoms with E-state index < -0.39 is 0 Å². The Kier molecular flexibility index (Phi) is 7.46. The van der Waals surface area contributed by atoms with Gasteiger partial charge in [-0.25, -0.2) is 9.97 Å². The van der Waals surface area contributed by atoms with Crippen molar-refractivity contribution in [1.29, 1.82) is 0 Å². The third-order valence-corrected chi connectivity index (χ3v) is 10.9. The highest BCUT2D eigenvalue weighted by molar-refractivity contribution is 6.17. The van der Waals surface area contributed by atoms with Gasteiger partial charge in [0.15, 0.2) is 5.82 Å². The maximum Gasteiger partial charge on any atom is 0.162 e. The van der Waals surface area contributed by atoms with Crippen LogP contribution in [0, 0.1) is 0 Å². The van der Waals surface area contributed by atoms with E-state index in [0.29, 0.717) is 5.82 Å². The number of rotatable bonds is 6. The number of aromatic nitrogens is 4. The molecule has 0 aliphatic carbocycles. The summed E-state index contributed by atoms with van der Waals surface area (Å²) in [6.07, 6.45) is 0. The lowest BCUT2D eigenvalue weighted by Crippen LogP contribution is -2.01. The summed E-state index contributed by atoms with van der Waals surface area (Å²) in [5.41, 5.74) is 14.1. The molecule has 4 heteroatoms. The number of hydrogen-bond acceptors (Lipinski definition) is 2. The van der Waals surface area contributed by atoms with E-state index in [1.165, 1.54) is 43.7 Å². The Morgan fingerprint density at radius 2 is 0.857 bits per heavy atom. The van der Waals surface area contributed by atoms with Crippen molar-refractivity contribution in [3.63, 3.8) is 0 Å². The van der Waals surface area contributed by atoms with Crippen molar-refractivity contribution in [3.8, 4) is 56.4 Å². The second kappa shape index (κ2) is 13.1. The van der Waals surface area contributed by atoms with E-state index in [9.17, 15) is 0 Å². The number of nitrogens with zero attached hydrogens (tertiary/aromatic N) is 4. The molecule has 0 spiro atoms. The molecule has 0 fully saturated rings. The zero-order valence-electron chi connectivity index (χ0n) is 30.4. The molecule has 0 aliphatic rings. The molecule has 0 saturated carbocycles. The summed E-state index contributed by atoms with van der Waals surface area (Å²) in [5.74, 6) is 0.683. The predicted octanol–water partition coefficient (Wildman–Crippen LogP) is 13.3. The standard InChI is InChI=1S/C52H34N4/c1-4-17-35(18-5-1)44-34-45(36-19-6-2-7-20-36)54-52(53-44)42-25-12-15-29-48(42)56-47-28-14-11-24-41(47)51-39(26-16-30-50(51)56)37-31-32-49-43(33-37)40-23-10-13-27-46(40)55(49)38-21-8-3-9-22-38/h1-34H. The average Bonchev–Trinajstić information content (AvgIpc) is 3.80. The van der Waals surface area contributed by atoms with Crippen LogP contribution in [0.4, 0.5) is 0 Å². The van der Waals surface area contributed by atoms with Gasteiger partial charge in [-0.1, -0.05) is 146 Å². The first-order valence-corrected chi connectivity index (χ1v) is 19.0. The van der Waals surface area contributed by atoms with Crippen molar-refractivity contribution in [2.75, 3.05) is 0 Å². The largest absolute Gasteiger partial charge is 0.309 e. The third kappa shape index (κ3) is 5.15. The fourth-order valence-corrected chi connectivity index (χ4v) is 8.45. The zero-order chi connectivity index (χ0) is 37.0. The molecular formula is C52H34N4. The SMILES string of the molecule is c1ccc(-c2cc(-c3ccccc3)nc(-c3ccccc3-n3c4ccccc4c4c(-c5ccc6c(c5)c5ccccc5n6-c5ccccc5)cccc43)n2)cc1. The van der Waals surface area contributed by atoms with Gasteiger partial charge in [-0.3, -0.25) is 0 Å². The molecule has 0 N–H and O–H groups in total. The van der Waals surface area contributed by atoms with Crippen LogP contribution in [0.5, 0.6) is 0 Å². The number of fused-ring (bicyclic) bond motifs is 6. The lowest BCUT2D eigenvalue weighted by Gasteiger charge is -2.15. The lowest BCUT2D eigenvalue weighted by molar-refractivity contribution is 1.14. The van der Waals surface area contributed by atoms with Crippen LogP contribution in [0.2, 0.25) is 0 Å². The van der Waals surface area contributed by atoms with Crippen molar-refractivity contribution in [3.05, 3.63) is 206 Å². The quantitative estimate of drug-likeness (QED) is 0.172. The van der Waals surface area contributed by atoms with E-state index in [1.807, 2.05) is 12.1 Å². The van der Waals surface area contributed by atoms with E-state index in [4.69, 9.17) is 9.97 Å². The molecular weight excluding hydrogens is 681 g/mol. The van der Waals surface area contributed by atoms with Gasteiger partial charge in [0, 0.05) is 43.9 Å². The van der Waals surface area contributed by atoms with E-state index in [2.05, 4.69) is 203 Å². The molecule has 11 rings (SSSR count). The van der Waals surface area contributed by atoms with Gasteiger partial charge in [-0.2, -0.15) is 0 Å². The Morgan fingerprint density at radius 3 is 1.57 bits per heavy atom. The molecule has 0 unspecified atom stereocenters. The van der Waals surface area contributed by atoms with Crippen molar-refractivity contribution >= 4 is 43.6 Å². The molecule has 11 aromatic rings. The minimum absolute atomic E-state index is 0.683. The van der Waals surface area contributed by atoms with E-state index in [0.717, 1.165) is 50.5 Å². The van der Waals surface area contributed by atoms with Gasteiger partial charge in [-0.15, -0.1) is 0 Å². The molecule has 8 aromatic carbocycles. The van der Waals surface area contributed by atoms with Gasteiger partial charge < -0.3 is 9.13 Å². The fraction of sp³-hybridized carbons (Fsp3) is 0. The summed E-state index contributed by atoms with van der Waals surface area (Å²) in [5, 5.41) is 4.89. The second-order valence-corrected chi connectivity index (χ2v) is 14.2. The number of hydrogen-bond donors (Lipinski definition) is 0. The summed E-state index contributed by atoms with van der Waals surface area (Å²) in [6, 6.07) is 73.1. The molecule has 3 aromatic heterocycles. The van der Waals surface area contributed by atoms with Crippen LogP contribution in [0.3, 0.4) is 0 Å². The highest BCUT2D eigenvalue weighted by Gasteiger charge is 2.21. The molecule has 0 radical (unpaired) electrons. The highest BCUT2D eigenvalue weighted by atomic mass is 15.0. The smallest absolute Gasteiger partial charge is 0.162 e. The van der Waals surface area contributed by atoms with Crippen molar-refractivity contribution in [1.82, 2.24) is 19.1 Å². The van der Waals surface area contributed by atoms with Crippen LogP contribution in [-0.2, 0) is 0 Å². The maximum atomic E-state index is 5.25. The van der Waals surface area contributed by atoms with Gasteiger partial charge in [0.05, 0.1) is 39.1 Å². The summed E-state index contributed by atoms with van der Waals surface area (Å²) >= 11 is 0. The molecule has 262 valence electrons. The van der Waals surface area contributed by atoms with Crippen LogP contribution in [0.25, 0.3) is 100 Å². The van der Waals surface area contributed by atoms with Crippen molar-refractivity contribution in [2.24, 2.45) is 0 Å². The topological polar surface area (TPSA) is 35.6 Å². The van der Waals surface area contributed by atoms with Crippen LogP contribution in [0.1, 0.15) is 0 Å². The first kappa shape index (κ1) is 31.9. The Morgan fingerprint density at radius 1 is 0.321 bits per heavy atom. The highest BCUT2D eigenvalue weighted by Crippen LogP contribution is 2.42. The van der Waals surface area contributed by atoms with Gasteiger partial charge in [-0.05, 0) is 71.8 Å². The monoisotopic (exact) mass is 714 g/mol. The van der Waals surface area contributed by atoms with Crippen molar-refractivity contribution < 1.29 is 0 Å². The van der Waals surface area contributed by atoms with Gasteiger partial charge in [0.2, 0.25) is 0 Å². The fourth-order valence-electron chi connectivity index (χ4n) is 8.45. The van der Waals surface area contributed by atoms with E-state index >= 15 is 0 Å². The molecule has 0 amide bonds. The van der Waals surface area contributed by atoms with E-state index in [-0.39, 0.29) is 0 Å². The number of benzene rings is 8. The normalized spacial score (nSPS) is 11.6. The molecule has 0 bridgehead atoms. The Hall–Kier alpha value is -7.56. The maximum absolute atomic E-state index is 5.25. The third-order valence-electron chi connectivity index (χ3n) is 10.9. The Labute approximate surface area is 324 Å². The average molecular weight is 715 g/mol. The molecule has 0 saturated heterocycles. The summed E-state index contributed by atoms with van der Waals surface area (Å²) in [7, 11) is 0. The molecule has 56 heavy (non-hydrogen) atoms. The Bertz CT molecular complexity index is 3170. The van der Waals surface area contributed by atoms with Gasteiger partial charge >= 0.3 is 0 Å². The van der Waals surface area contributed by atoms with Gasteiger partial charge in [0.1, 0.15) is 0 Å².